The molecule has 2 aliphatic heterocycles. The molecular weight excluding hydrogens is 256 g/mol. The van der Waals surface area contributed by atoms with Gasteiger partial charge in [0.2, 0.25) is 0 Å². The highest BCUT2D eigenvalue weighted by Crippen LogP contribution is 2.35. The number of rotatable bonds is 4. The zero-order valence-electron chi connectivity index (χ0n) is 12.2. The molecule has 0 spiro atoms. The number of methoxy groups -OCH3 is 1. The smallest absolute Gasteiger partial charge is 0.184 e. The number of fused-ring (bicyclic) bond motifs is 2. The Morgan fingerprint density at radius 1 is 1.20 bits per heavy atom. The average Bonchev–Trinajstić information content (AvgIpc) is 2.78. The van der Waals surface area contributed by atoms with E-state index in [2.05, 4.69) is 19.1 Å². The molecular formula is C16H22O4. The molecule has 110 valence electrons. The summed E-state index contributed by atoms with van der Waals surface area (Å²) in [6, 6.07) is 8.26. The van der Waals surface area contributed by atoms with E-state index in [1.54, 1.807) is 7.11 Å². The van der Waals surface area contributed by atoms with Crippen LogP contribution in [0.1, 0.15) is 24.5 Å². The van der Waals surface area contributed by atoms with Crippen LogP contribution in [0, 0.1) is 6.92 Å². The lowest BCUT2D eigenvalue weighted by molar-refractivity contribution is -0.205. The van der Waals surface area contributed by atoms with E-state index in [-0.39, 0.29) is 30.7 Å². The van der Waals surface area contributed by atoms with Crippen molar-refractivity contribution in [3.8, 4) is 0 Å². The molecule has 0 aliphatic carbocycles. The van der Waals surface area contributed by atoms with Gasteiger partial charge in [-0.25, -0.2) is 0 Å². The summed E-state index contributed by atoms with van der Waals surface area (Å²) in [5.41, 5.74) is 2.45. The van der Waals surface area contributed by atoms with Crippen LogP contribution in [0.2, 0.25) is 0 Å². The minimum atomic E-state index is -0.259. The van der Waals surface area contributed by atoms with Gasteiger partial charge in [0.05, 0.1) is 18.8 Å². The molecule has 3 rings (SSSR count). The summed E-state index contributed by atoms with van der Waals surface area (Å²) in [5, 5.41) is 0. The molecule has 5 atom stereocenters. The molecule has 0 radical (unpaired) electrons. The summed E-state index contributed by atoms with van der Waals surface area (Å²) < 4.78 is 23.2. The molecule has 1 aromatic rings. The van der Waals surface area contributed by atoms with Crippen LogP contribution in [0.4, 0.5) is 0 Å². The molecule has 2 fully saturated rings. The molecule has 2 bridgehead atoms. The van der Waals surface area contributed by atoms with Crippen molar-refractivity contribution in [2.75, 3.05) is 7.11 Å². The van der Waals surface area contributed by atoms with Crippen molar-refractivity contribution in [3.63, 3.8) is 0 Å². The van der Waals surface area contributed by atoms with E-state index in [0.29, 0.717) is 6.61 Å². The molecule has 5 unspecified atom stereocenters. The van der Waals surface area contributed by atoms with Crippen molar-refractivity contribution in [1.82, 2.24) is 0 Å². The van der Waals surface area contributed by atoms with Gasteiger partial charge in [-0.15, -0.1) is 0 Å². The molecule has 0 amide bonds. The maximum absolute atomic E-state index is 6.03. The molecule has 0 aromatic heterocycles. The highest BCUT2D eigenvalue weighted by molar-refractivity contribution is 5.24. The molecule has 0 saturated carbocycles. The van der Waals surface area contributed by atoms with Crippen LogP contribution in [0.15, 0.2) is 24.3 Å². The predicted octanol–water partition coefficient (Wildman–Crippen LogP) is 2.43. The Labute approximate surface area is 120 Å². The summed E-state index contributed by atoms with van der Waals surface area (Å²) in [4.78, 5) is 0. The first kappa shape index (κ1) is 14.0. The average molecular weight is 278 g/mol. The second-order valence-electron chi connectivity index (χ2n) is 5.60. The van der Waals surface area contributed by atoms with Gasteiger partial charge >= 0.3 is 0 Å². The maximum Gasteiger partial charge on any atom is 0.184 e. The van der Waals surface area contributed by atoms with Crippen LogP contribution >= 0.6 is 0 Å². The van der Waals surface area contributed by atoms with Crippen molar-refractivity contribution in [1.29, 1.82) is 0 Å². The van der Waals surface area contributed by atoms with E-state index in [1.165, 1.54) is 11.1 Å². The Morgan fingerprint density at radius 2 is 2.00 bits per heavy atom. The fourth-order valence-electron chi connectivity index (χ4n) is 2.97. The fraction of sp³-hybridized carbons (Fsp3) is 0.625. The van der Waals surface area contributed by atoms with Gasteiger partial charge < -0.3 is 18.9 Å². The highest BCUT2D eigenvalue weighted by atomic mass is 16.8. The third-order valence-corrected chi connectivity index (χ3v) is 4.25. The van der Waals surface area contributed by atoms with Crippen LogP contribution in [-0.2, 0) is 25.6 Å². The number of ether oxygens (including phenoxy) is 4. The topological polar surface area (TPSA) is 36.9 Å². The fourth-order valence-corrected chi connectivity index (χ4v) is 2.97. The molecule has 4 nitrogen and oxygen atoms in total. The third kappa shape index (κ3) is 2.61. The van der Waals surface area contributed by atoms with E-state index < -0.39 is 0 Å². The molecule has 20 heavy (non-hydrogen) atoms. The van der Waals surface area contributed by atoms with Gasteiger partial charge in [0.15, 0.2) is 6.29 Å². The van der Waals surface area contributed by atoms with Crippen LogP contribution in [0.3, 0.4) is 0 Å². The minimum absolute atomic E-state index is 0.0308. The molecule has 2 saturated heterocycles. The first-order chi connectivity index (χ1) is 9.69. The van der Waals surface area contributed by atoms with Crippen LogP contribution in [0.25, 0.3) is 0 Å². The zero-order chi connectivity index (χ0) is 14.1. The van der Waals surface area contributed by atoms with Gasteiger partial charge in [-0.1, -0.05) is 24.3 Å². The third-order valence-electron chi connectivity index (χ3n) is 4.25. The lowest BCUT2D eigenvalue weighted by Crippen LogP contribution is -2.44. The number of hydrogen-bond donors (Lipinski definition) is 0. The van der Waals surface area contributed by atoms with Gasteiger partial charge in [-0.05, 0) is 25.0 Å². The van der Waals surface area contributed by atoms with Crippen molar-refractivity contribution < 1.29 is 18.9 Å². The quantitative estimate of drug-likeness (QED) is 0.847. The second kappa shape index (κ2) is 5.82. The van der Waals surface area contributed by atoms with Crippen molar-refractivity contribution >= 4 is 0 Å². The Kier molecular flexibility index (Phi) is 4.08. The summed E-state index contributed by atoms with van der Waals surface area (Å²) in [6.45, 7) is 4.70. The van der Waals surface area contributed by atoms with Crippen LogP contribution in [0.5, 0.6) is 0 Å². The normalized spacial score (nSPS) is 36.2. The highest BCUT2D eigenvalue weighted by Gasteiger charge is 2.48. The molecule has 2 aliphatic rings. The molecule has 2 heterocycles. The maximum atomic E-state index is 6.03. The SMILES string of the molecule is COC1CC(OCc2ccccc2C)C2OC(C)C1O2. The van der Waals surface area contributed by atoms with Crippen molar-refractivity contribution in [2.45, 2.75) is 57.6 Å². The van der Waals surface area contributed by atoms with Gasteiger partial charge in [0.25, 0.3) is 0 Å². The number of benzene rings is 1. The van der Waals surface area contributed by atoms with Gasteiger partial charge in [0.1, 0.15) is 12.2 Å². The van der Waals surface area contributed by atoms with Gasteiger partial charge in [-0.3, -0.25) is 0 Å². The van der Waals surface area contributed by atoms with Crippen LogP contribution < -0.4 is 0 Å². The minimum Gasteiger partial charge on any atom is -0.379 e. The van der Waals surface area contributed by atoms with E-state index in [9.17, 15) is 0 Å². The summed E-state index contributed by atoms with van der Waals surface area (Å²) in [7, 11) is 1.72. The summed E-state index contributed by atoms with van der Waals surface area (Å²) in [6.07, 6.45) is 0.638. The largest absolute Gasteiger partial charge is 0.379 e. The number of aryl methyl sites for hydroxylation is 1. The summed E-state index contributed by atoms with van der Waals surface area (Å²) in [5.74, 6) is 0. The van der Waals surface area contributed by atoms with Gasteiger partial charge in [0, 0.05) is 13.5 Å². The Bertz CT molecular complexity index is 462. The zero-order valence-corrected chi connectivity index (χ0v) is 12.2. The second-order valence-corrected chi connectivity index (χ2v) is 5.60. The van der Waals surface area contributed by atoms with E-state index in [1.807, 2.05) is 19.1 Å². The first-order valence-corrected chi connectivity index (χ1v) is 7.19. The lowest BCUT2D eigenvalue weighted by Gasteiger charge is -2.33. The lowest BCUT2D eigenvalue weighted by atomic mass is 10.0. The Hall–Kier alpha value is -0.940. The standard InChI is InChI=1S/C16H22O4/c1-10-6-4-5-7-12(10)9-18-14-8-13(17-3)15-11(2)19-16(14)20-15/h4-7,11,13-16H,8-9H2,1-3H3. The summed E-state index contributed by atoms with van der Waals surface area (Å²) >= 11 is 0. The Morgan fingerprint density at radius 3 is 2.75 bits per heavy atom. The predicted molar refractivity (Wildman–Crippen MR) is 74.4 cm³/mol. The number of hydrogen-bond acceptors (Lipinski definition) is 4. The van der Waals surface area contributed by atoms with E-state index in [0.717, 1.165) is 6.42 Å². The Balaban J connectivity index is 1.64. The first-order valence-electron chi connectivity index (χ1n) is 7.19. The van der Waals surface area contributed by atoms with Crippen LogP contribution in [-0.4, -0.2) is 37.8 Å². The molecule has 0 N–H and O–H groups in total. The van der Waals surface area contributed by atoms with Gasteiger partial charge in [-0.2, -0.15) is 0 Å². The van der Waals surface area contributed by atoms with Crippen molar-refractivity contribution in [3.05, 3.63) is 35.4 Å². The molecule has 1 aromatic carbocycles. The monoisotopic (exact) mass is 278 g/mol. The van der Waals surface area contributed by atoms with E-state index >= 15 is 0 Å². The van der Waals surface area contributed by atoms with E-state index in [4.69, 9.17) is 18.9 Å². The molecule has 4 heteroatoms. The van der Waals surface area contributed by atoms with Crippen molar-refractivity contribution in [2.24, 2.45) is 0 Å².